The minimum Gasteiger partial charge on any atom is -0.497 e. The van der Waals surface area contributed by atoms with E-state index in [-0.39, 0.29) is 0 Å². The lowest BCUT2D eigenvalue weighted by Gasteiger charge is -2.26. The van der Waals surface area contributed by atoms with Crippen LogP contribution in [0.25, 0.3) is 0 Å². The molecule has 0 amide bonds. The van der Waals surface area contributed by atoms with Crippen molar-refractivity contribution in [1.29, 1.82) is 0 Å². The molecule has 0 spiro atoms. The van der Waals surface area contributed by atoms with Gasteiger partial charge in [-0.2, -0.15) is 0 Å². The first-order valence-electron chi connectivity index (χ1n) is 7.16. The standard InChI is InChI=1S/C16H25NO/c1-17-16(13-8-5-3-4-6-9-13)14-10-7-11-15(12-14)18-2/h7,10-13,16-17H,3-6,8-9H2,1-2H3. The fraction of sp³-hybridized carbons (Fsp3) is 0.625. The molecule has 0 saturated heterocycles. The van der Waals surface area contributed by atoms with Crippen LogP contribution in [0.15, 0.2) is 24.3 Å². The third kappa shape index (κ3) is 3.26. The first-order chi connectivity index (χ1) is 8.85. The summed E-state index contributed by atoms with van der Waals surface area (Å²) in [6.45, 7) is 0. The number of ether oxygens (including phenoxy) is 1. The van der Waals surface area contributed by atoms with E-state index in [2.05, 4.69) is 30.6 Å². The Labute approximate surface area is 111 Å². The van der Waals surface area contributed by atoms with Gasteiger partial charge in [-0.25, -0.2) is 0 Å². The van der Waals surface area contributed by atoms with Gasteiger partial charge in [0, 0.05) is 6.04 Å². The van der Waals surface area contributed by atoms with Crippen LogP contribution in [0, 0.1) is 5.92 Å². The number of hydrogen-bond acceptors (Lipinski definition) is 2. The number of hydrogen-bond donors (Lipinski definition) is 1. The lowest BCUT2D eigenvalue weighted by molar-refractivity contribution is 0.340. The molecule has 1 unspecified atom stereocenters. The average molecular weight is 247 g/mol. The van der Waals surface area contributed by atoms with E-state index in [1.807, 2.05) is 6.07 Å². The van der Waals surface area contributed by atoms with Gasteiger partial charge >= 0.3 is 0 Å². The summed E-state index contributed by atoms with van der Waals surface area (Å²) in [6, 6.07) is 8.97. The molecular weight excluding hydrogens is 222 g/mol. The molecule has 1 aromatic carbocycles. The Balaban J connectivity index is 2.15. The highest BCUT2D eigenvalue weighted by atomic mass is 16.5. The zero-order chi connectivity index (χ0) is 12.8. The maximum Gasteiger partial charge on any atom is 0.119 e. The second-order valence-electron chi connectivity index (χ2n) is 5.29. The number of benzene rings is 1. The molecule has 18 heavy (non-hydrogen) atoms. The van der Waals surface area contributed by atoms with E-state index >= 15 is 0 Å². The smallest absolute Gasteiger partial charge is 0.119 e. The van der Waals surface area contributed by atoms with E-state index in [9.17, 15) is 0 Å². The van der Waals surface area contributed by atoms with Gasteiger partial charge in [-0.15, -0.1) is 0 Å². The molecule has 1 aliphatic carbocycles. The molecule has 0 heterocycles. The molecule has 0 aromatic heterocycles. The summed E-state index contributed by atoms with van der Waals surface area (Å²) in [5.74, 6) is 1.73. The van der Waals surface area contributed by atoms with Gasteiger partial charge in [0.1, 0.15) is 5.75 Å². The zero-order valence-electron chi connectivity index (χ0n) is 11.6. The molecule has 0 bridgehead atoms. The second-order valence-corrected chi connectivity index (χ2v) is 5.29. The van der Waals surface area contributed by atoms with Crippen LogP contribution in [0.2, 0.25) is 0 Å². The first-order valence-corrected chi connectivity index (χ1v) is 7.16. The summed E-state index contributed by atoms with van der Waals surface area (Å²) in [5, 5.41) is 3.51. The molecule has 100 valence electrons. The quantitative estimate of drug-likeness (QED) is 0.814. The lowest BCUT2D eigenvalue weighted by atomic mass is 9.87. The van der Waals surface area contributed by atoms with E-state index in [4.69, 9.17) is 4.74 Å². The Bertz CT molecular complexity index is 356. The van der Waals surface area contributed by atoms with Gasteiger partial charge in [0.05, 0.1) is 7.11 Å². The predicted molar refractivity (Wildman–Crippen MR) is 76.0 cm³/mol. The van der Waals surface area contributed by atoms with Crippen molar-refractivity contribution in [3.8, 4) is 5.75 Å². The zero-order valence-corrected chi connectivity index (χ0v) is 11.6. The van der Waals surface area contributed by atoms with Crippen LogP contribution < -0.4 is 10.1 Å². The van der Waals surface area contributed by atoms with Gasteiger partial charge < -0.3 is 10.1 Å². The van der Waals surface area contributed by atoms with Crippen molar-refractivity contribution in [1.82, 2.24) is 5.32 Å². The van der Waals surface area contributed by atoms with E-state index in [0.29, 0.717) is 6.04 Å². The number of nitrogens with one attached hydrogen (secondary N) is 1. The molecule has 2 rings (SSSR count). The van der Waals surface area contributed by atoms with Crippen LogP contribution in [-0.2, 0) is 0 Å². The molecule has 0 radical (unpaired) electrons. The Kier molecular flexibility index (Phi) is 5.06. The summed E-state index contributed by atoms with van der Waals surface area (Å²) in [4.78, 5) is 0. The molecule has 2 nitrogen and oxygen atoms in total. The highest BCUT2D eigenvalue weighted by Gasteiger charge is 2.22. The molecule has 1 atom stereocenters. The highest BCUT2D eigenvalue weighted by Crippen LogP contribution is 2.34. The van der Waals surface area contributed by atoms with E-state index in [1.165, 1.54) is 44.1 Å². The molecule has 2 heteroatoms. The molecule has 1 aliphatic rings. The van der Waals surface area contributed by atoms with Crippen molar-refractivity contribution in [2.24, 2.45) is 5.92 Å². The molecule has 1 aromatic rings. The minimum absolute atomic E-state index is 0.471. The Morgan fingerprint density at radius 3 is 2.50 bits per heavy atom. The molecule has 1 N–H and O–H groups in total. The molecular formula is C16H25NO. The summed E-state index contributed by atoms with van der Waals surface area (Å²) in [6.07, 6.45) is 8.28. The van der Waals surface area contributed by atoms with E-state index in [0.717, 1.165) is 11.7 Å². The summed E-state index contributed by atoms with van der Waals surface area (Å²) in [7, 11) is 3.81. The lowest BCUT2D eigenvalue weighted by Crippen LogP contribution is -2.25. The van der Waals surface area contributed by atoms with Crippen LogP contribution in [0.3, 0.4) is 0 Å². The van der Waals surface area contributed by atoms with Crippen molar-refractivity contribution >= 4 is 0 Å². The first kappa shape index (κ1) is 13.4. The summed E-state index contributed by atoms with van der Waals surface area (Å²) >= 11 is 0. The Morgan fingerprint density at radius 1 is 1.17 bits per heavy atom. The Morgan fingerprint density at radius 2 is 1.89 bits per heavy atom. The normalized spacial score (nSPS) is 19.2. The molecule has 1 fully saturated rings. The van der Waals surface area contributed by atoms with Crippen LogP contribution in [0.4, 0.5) is 0 Å². The third-order valence-corrected chi connectivity index (χ3v) is 4.14. The molecule has 0 aliphatic heterocycles. The van der Waals surface area contributed by atoms with E-state index in [1.54, 1.807) is 7.11 Å². The van der Waals surface area contributed by atoms with Gasteiger partial charge in [-0.1, -0.05) is 37.8 Å². The fourth-order valence-corrected chi connectivity index (χ4v) is 3.15. The van der Waals surface area contributed by atoms with Crippen LogP contribution in [0.1, 0.15) is 50.1 Å². The average Bonchev–Trinajstić information content (AvgIpc) is 2.69. The number of rotatable bonds is 4. The Hall–Kier alpha value is -1.02. The van der Waals surface area contributed by atoms with Crippen molar-refractivity contribution in [2.75, 3.05) is 14.2 Å². The minimum atomic E-state index is 0.471. The SMILES string of the molecule is CNC(c1cccc(OC)c1)C1CCCCCC1. The van der Waals surface area contributed by atoms with Crippen molar-refractivity contribution in [3.05, 3.63) is 29.8 Å². The van der Waals surface area contributed by atoms with Gasteiger partial charge in [0.15, 0.2) is 0 Å². The largest absolute Gasteiger partial charge is 0.497 e. The van der Waals surface area contributed by atoms with Gasteiger partial charge in [-0.05, 0) is 43.5 Å². The van der Waals surface area contributed by atoms with Crippen molar-refractivity contribution < 1.29 is 4.74 Å². The predicted octanol–water partition coefficient (Wildman–Crippen LogP) is 3.93. The van der Waals surface area contributed by atoms with Gasteiger partial charge in [-0.3, -0.25) is 0 Å². The fourth-order valence-electron chi connectivity index (χ4n) is 3.15. The topological polar surface area (TPSA) is 21.3 Å². The van der Waals surface area contributed by atoms with Crippen molar-refractivity contribution in [2.45, 2.75) is 44.6 Å². The maximum absolute atomic E-state index is 5.33. The van der Waals surface area contributed by atoms with Gasteiger partial charge in [0.25, 0.3) is 0 Å². The van der Waals surface area contributed by atoms with Crippen LogP contribution in [0.5, 0.6) is 5.75 Å². The van der Waals surface area contributed by atoms with Crippen molar-refractivity contribution in [3.63, 3.8) is 0 Å². The molecule has 1 saturated carbocycles. The number of methoxy groups -OCH3 is 1. The van der Waals surface area contributed by atoms with Gasteiger partial charge in [0.2, 0.25) is 0 Å². The maximum atomic E-state index is 5.33. The summed E-state index contributed by atoms with van der Waals surface area (Å²) < 4.78 is 5.33. The highest BCUT2D eigenvalue weighted by molar-refractivity contribution is 5.30. The summed E-state index contributed by atoms with van der Waals surface area (Å²) in [5.41, 5.74) is 1.36. The van der Waals surface area contributed by atoms with E-state index < -0.39 is 0 Å². The second kappa shape index (κ2) is 6.79. The monoisotopic (exact) mass is 247 g/mol. The van der Waals surface area contributed by atoms with Crippen LogP contribution in [-0.4, -0.2) is 14.2 Å². The third-order valence-electron chi connectivity index (χ3n) is 4.14. The van der Waals surface area contributed by atoms with Crippen LogP contribution >= 0.6 is 0 Å².